The summed E-state index contributed by atoms with van der Waals surface area (Å²) in [7, 11) is 0. The Bertz CT molecular complexity index is 483. The number of benzene rings is 1. The summed E-state index contributed by atoms with van der Waals surface area (Å²) in [6.07, 6.45) is 0.264. The first-order valence-corrected chi connectivity index (χ1v) is 6.95. The molecule has 0 atom stereocenters. The van der Waals surface area contributed by atoms with Gasteiger partial charge in [-0.25, -0.2) is 4.79 Å². The average Bonchev–Trinajstić information content (AvgIpc) is 2.34. The highest BCUT2D eigenvalue weighted by Gasteiger charge is 2.15. The molecule has 0 aliphatic carbocycles. The fourth-order valence-electron chi connectivity index (χ4n) is 1.33. The molecule has 0 radical (unpaired) electrons. The number of halogens is 1. The van der Waals surface area contributed by atoms with Crippen molar-refractivity contribution in [3.8, 4) is 5.75 Å². The summed E-state index contributed by atoms with van der Waals surface area (Å²) in [6, 6.07) is 5.05. The second-order valence-corrected chi connectivity index (χ2v) is 5.94. The Hall–Kier alpha value is -1.56. The molecule has 0 aliphatic heterocycles. The first kappa shape index (κ1) is 16.5. The lowest BCUT2D eigenvalue weighted by atomic mass is 10.2. The molecule has 0 saturated carbocycles. The van der Waals surface area contributed by atoms with Gasteiger partial charge >= 0.3 is 6.09 Å². The van der Waals surface area contributed by atoms with Gasteiger partial charge < -0.3 is 14.8 Å². The van der Waals surface area contributed by atoms with E-state index in [1.54, 1.807) is 39.0 Å². The normalized spacial score (nSPS) is 10.8. The molecule has 6 heteroatoms. The van der Waals surface area contributed by atoms with Crippen LogP contribution in [0.1, 0.15) is 31.1 Å². The van der Waals surface area contributed by atoms with Crippen LogP contribution in [-0.4, -0.2) is 31.1 Å². The summed E-state index contributed by atoms with van der Waals surface area (Å²) in [5.74, 6) is 0.556. The molecule has 110 valence electrons. The van der Waals surface area contributed by atoms with E-state index in [0.717, 1.165) is 10.8 Å². The molecule has 0 fully saturated rings. The minimum absolute atomic E-state index is 0.278. The number of rotatable bonds is 5. The van der Waals surface area contributed by atoms with E-state index in [9.17, 15) is 9.59 Å². The van der Waals surface area contributed by atoms with Crippen LogP contribution in [-0.2, 0) is 4.74 Å². The van der Waals surface area contributed by atoms with Crippen molar-refractivity contribution in [1.82, 2.24) is 5.32 Å². The Balaban J connectivity index is 2.38. The maximum Gasteiger partial charge on any atom is 0.407 e. The van der Waals surface area contributed by atoms with Crippen LogP contribution < -0.4 is 10.1 Å². The number of ether oxygens (including phenoxy) is 2. The van der Waals surface area contributed by atoms with Crippen LogP contribution >= 0.6 is 15.9 Å². The van der Waals surface area contributed by atoms with Gasteiger partial charge in [-0.05, 0) is 48.8 Å². The molecule has 0 saturated heterocycles. The number of alkyl carbamates (subject to hydrolysis) is 1. The molecule has 1 rings (SSSR count). The number of aldehydes is 1. The number of amides is 1. The van der Waals surface area contributed by atoms with Crippen molar-refractivity contribution in [3.05, 3.63) is 28.2 Å². The first-order valence-electron chi connectivity index (χ1n) is 6.16. The maximum atomic E-state index is 11.4. The molecule has 0 heterocycles. The SMILES string of the molecule is CC(C)(C)OC(=O)NCCOc1cc(C=O)ccc1Br. The van der Waals surface area contributed by atoms with Crippen molar-refractivity contribution in [2.24, 2.45) is 0 Å². The monoisotopic (exact) mass is 343 g/mol. The van der Waals surface area contributed by atoms with E-state index < -0.39 is 11.7 Å². The number of carbonyl (C=O) groups is 2. The highest BCUT2D eigenvalue weighted by Crippen LogP contribution is 2.25. The molecule has 5 nitrogen and oxygen atoms in total. The predicted molar refractivity (Wildman–Crippen MR) is 79.3 cm³/mol. The number of nitrogens with one attached hydrogen (secondary N) is 1. The zero-order valence-corrected chi connectivity index (χ0v) is 13.3. The van der Waals surface area contributed by atoms with E-state index in [0.29, 0.717) is 17.9 Å². The molecule has 0 spiro atoms. The second-order valence-electron chi connectivity index (χ2n) is 5.08. The molecule has 1 amide bonds. The molecule has 0 unspecified atom stereocenters. The lowest BCUT2D eigenvalue weighted by Crippen LogP contribution is -2.34. The number of hydrogen-bond acceptors (Lipinski definition) is 4. The Kier molecular flexibility index (Phi) is 6.01. The van der Waals surface area contributed by atoms with E-state index in [2.05, 4.69) is 21.2 Å². The smallest absolute Gasteiger partial charge is 0.407 e. The van der Waals surface area contributed by atoms with Gasteiger partial charge in [-0.1, -0.05) is 6.07 Å². The first-order chi connectivity index (χ1) is 9.31. The Morgan fingerprint density at radius 2 is 2.10 bits per heavy atom. The Morgan fingerprint density at radius 1 is 1.40 bits per heavy atom. The van der Waals surface area contributed by atoms with E-state index >= 15 is 0 Å². The fraction of sp³-hybridized carbons (Fsp3) is 0.429. The fourth-order valence-corrected chi connectivity index (χ4v) is 1.69. The molecular formula is C14H18BrNO4. The standard InChI is InChI=1S/C14H18BrNO4/c1-14(2,3)20-13(18)16-6-7-19-12-8-10(9-17)4-5-11(12)15/h4-5,8-9H,6-7H2,1-3H3,(H,16,18). The van der Waals surface area contributed by atoms with E-state index in [1.165, 1.54) is 0 Å². The van der Waals surface area contributed by atoms with Crippen molar-refractivity contribution in [3.63, 3.8) is 0 Å². The van der Waals surface area contributed by atoms with Crippen molar-refractivity contribution in [2.45, 2.75) is 26.4 Å². The summed E-state index contributed by atoms with van der Waals surface area (Å²) < 4.78 is 11.3. The maximum absolute atomic E-state index is 11.4. The molecule has 0 aliphatic rings. The van der Waals surface area contributed by atoms with Gasteiger partial charge in [-0.3, -0.25) is 4.79 Å². The van der Waals surface area contributed by atoms with E-state index in [1.807, 2.05) is 0 Å². The van der Waals surface area contributed by atoms with Gasteiger partial charge in [-0.15, -0.1) is 0 Å². The molecule has 20 heavy (non-hydrogen) atoms. The van der Waals surface area contributed by atoms with Crippen molar-refractivity contribution in [1.29, 1.82) is 0 Å². The van der Waals surface area contributed by atoms with E-state index in [4.69, 9.17) is 9.47 Å². The van der Waals surface area contributed by atoms with Crippen LogP contribution in [0.15, 0.2) is 22.7 Å². The van der Waals surface area contributed by atoms with Gasteiger partial charge in [0.15, 0.2) is 0 Å². The van der Waals surface area contributed by atoms with Gasteiger partial charge in [0.25, 0.3) is 0 Å². The summed E-state index contributed by atoms with van der Waals surface area (Å²) in [6.45, 7) is 5.98. The lowest BCUT2D eigenvalue weighted by molar-refractivity contribution is 0.0520. The quantitative estimate of drug-likeness (QED) is 0.658. The third-order valence-electron chi connectivity index (χ3n) is 2.12. The topological polar surface area (TPSA) is 64.6 Å². The summed E-state index contributed by atoms with van der Waals surface area (Å²) in [5, 5.41) is 2.59. The largest absolute Gasteiger partial charge is 0.491 e. The highest BCUT2D eigenvalue weighted by molar-refractivity contribution is 9.10. The predicted octanol–water partition coefficient (Wildman–Crippen LogP) is 3.17. The minimum atomic E-state index is -0.522. The second kappa shape index (κ2) is 7.28. The molecule has 1 aromatic rings. The van der Waals surface area contributed by atoms with Crippen molar-refractivity contribution < 1.29 is 19.1 Å². The van der Waals surface area contributed by atoms with Gasteiger partial charge in [0.1, 0.15) is 24.2 Å². The van der Waals surface area contributed by atoms with Crippen LogP contribution in [0, 0.1) is 0 Å². The summed E-state index contributed by atoms with van der Waals surface area (Å²) in [5.41, 5.74) is 0.00927. The zero-order chi connectivity index (χ0) is 15.2. The van der Waals surface area contributed by atoms with Crippen molar-refractivity contribution in [2.75, 3.05) is 13.2 Å². The number of carbonyl (C=O) groups excluding carboxylic acids is 2. The minimum Gasteiger partial charge on any atom is -0.491 e. The molecule has 0 bridgehead atoms. The Morgan fingerprint density at radius 3 is 2.70 bits per heavy atom. The van der Waals surface area contributed by atoms with Crippen LogP contribution in [0.25, 0.3) is 0 Å². The number of hydrogen-bond donors (Lipinski definition) is 1. The molecule has 1 aromatic carbocycles. The Labute approximate surface area is 126 Å². The van der Waals surface area contributed by atoms with Gasteiger partial charge in [0.05, 0.1) is 11.0 Å². The zero-order valence-electron chi connectivity index (χ0n) is 11.7. The summed E-state index contributed by atoms with van der Waals surface area (Å²) >= 11 is 3.33. The lowest BCUT2D eigenvalue weighted by Gasteiger charge is -2.19. The third kappa shape index (κ3) is 6.06. The molecular weight excluding hydrogens is 326 g/mol. The third-order valence-corrected chi connectivity index (χ3v) is 2.77. The van der Waals surface area contributed by atoms with Gasteiger partial charge in [-0.2, -0.15) is 0 Å². The van der Waals surface area contributed by atoms with E-state index in [-0.39, 0.29) is 6.61 Å². The molecule has 0 aromatic heterocycles. The highest BCUT2D eigenvalue weighted by atomic mass is 79.9. The average molecular weight is 344 g/mol. The van der Waals surface area contributed by atoms with Gasteiger partial charge in [0, 0.05) is 5.56 Å². The van der Waals surface area contributed by atoms with Gasteiger partial charge in [0.2, 0.25) is 0 Å². The van der Waals surface area contributed by atoms with Crippen LogP contribution in [0.4, 0.5) is 4.79 Å². The van der Waals surface area contributed by atoms with Crippen LogP contribution in [0.5, 0.6) is 5.75 Å². The van der Waals surface area contributed by atoms with Crippen LogP contribution in [0.3, 0.4) is 0 Å². The molecule has 1 N–H and O–H groups in total. The summed E-state index contributed by atoms with van der Waals surface area (Å²) in [4.78, 5) is 22.1. The van der Waals surface area contributed by atoms with Crippen LogP contribution in [0.2, 0.25) is 0 Å². The van der Waals surface area contributed by atoms with Crippen molar-refractivity contribution >= 4 is 28.3 Å².